The van der Waals surface area contributed by atoms with Crippen LogP contribution in [0.2, 0.25) is 5.02 Å². The van der Waals surface area contributed by atoms with Crippen molar-refractivity contribution in [2.45, 2.75) is 18.4 Å². The van der Waals surface area contributed by atoms with Gasteiger partial charge in [-0.15, -0.1) is 0 Å². The number of halogens is 1. The number of carbonyl (C=O) groups is 2. The van der Waals surface area contributed by atoms with Gasteiger partial charge in [-0.2, -0.15) is 0 Å². The second-order valence-electron chi connectivity index (χ2n) is 6.10. The van der Waals surface area contributed by atoms with Crippen LogP contribution in [0.3, 0.4) is 0 Å². The van der Waals surface area contributed by atoms with Crippen molar-refractivity contribution in [3.63, 3.8) is 0 Å². The van der Waals surface area contributed by atoms with E-state index in [1.807, 2.05) is 24.3 Å². The van der Waals surface area contributed by atoms with Crippen LogP contribution in [0.4, 0.5) is 0 Å². The molecule has 2 aromatic carbocycles. The lowest BCUT2D eigenvalue weighted by molar-refractivity contribution is -0.165. The van der Waals surface area contributed by atoms with Crippen molar-refractivity contribution in [3.05, 3.63) is 41.4 Å². The normalized spacial score (nSPS) is 16.6. The molecule has 0 bridgehead atoms. The third-order valence-corrected chi connectivity index (χ3v) is 4.85. The fourth-order valence-corrected chi connectivity index (χ4v) is 3.16. The van der Waals surface area contributed by atoms with Crippen molar-refractivity contribution in [1.29, 1.82) is 0 Å². The highest BCUT2D eigenvalue weighted by Crippen LogP contribution is 2.31. The van der Waals surface area contributed by atoms with Crippen LogP contribution in [0.5, 0.6) is 5.75 Å². The lowest BCUT2D eigenvalue weighted by atomic mass is 9.91. The summed E-state index contributed by atoms with van der Waals surface area (Å²) < 4.78 is 5.66. The van der Waals surface area contributed by atoms with E-state index < -0.39 is 11.6 Å². The van der Waals surface area contributed by atoms with Crippen molar-refractivity contribution < 1.29 is 24.5 Å². The molecule has 0 aliphatic carbocycles. The number of ether oxygens (including phenoxy) is 1. The van der Waals surface area contributed by atoms with Gasteiger partial charge in [-0.1, -0.05) is 35.9 Å². The van der Waals surface area contributed by atoms with Gasteiger partial charge < -0.3 is 19.8 Å². The van der Waals surface area contributed by atoms with E-state index in [4.69, 9.17) is 21.4 Å². The fourth-order valence-electron chi connectivity index (χ4n) is 2.93. The molecule has 2 N–H and O–H groups in total. The first-order valence-corrected chi connectivity index (χ1v) is 8.32. The van der Waals surface area contributed by atoms with Gasteiger partial charge in [0.05, 0.1) is 0 Å². The number of aliphatic carboxylic acids is 1. The Morgan fingerprint density at radius 1 is 1.12 bits per heavy atom. The van der Waals surface area contributed by atoms with E-state index in [9.17, 15) is 14.7 Å². The maximum atomic E-state index is 12.3. The Morgan fingerprint density at radius 3 is 2.40 bits per heavy atom. The molecule has 0 unspecified atom stereocenters. The molecule has 1 saturated heterocycles. The summed E-state index contributed by atoms with van der Waals surface area (Å²) in [6, 6.07) is 10.9. The summed E-state index contributed by atoms with van der Waals surface area (Å²) in [6.45, 7) is 0.218. The van der Waals surface area contributed by atoms with Crippen LogP contribution in [0, 0.1) is 0 Å². The number of benzene rings is 2. The third kappa shape index (κ3) is 3.55. The number of fused-ring (bicyclic) bond motifs is 1. The van der Waals surface area contributed by atoms with E-state index in [0.717, 1.165) is 10.8 Å². The Bertz CT molecular complexity index is 814. The van der Waals surface area contributed by atoms with Gasteiger partial charge in [-0.05, 0) is 12.1 Å². The van der Waals surface area contributed by atoms with Gasteiger partial charge in [0.2, 0.25) is 0 Å². The summed E-state index contributed by atoms with van der Waals surface area (Å²) in [6.07, 6.45) is 0.0237. The molecule has 1 aliphatic heterocycles. The molecule has 1 amide bonds. The molecule has 1 heterocycles. The standard InChI is InChI=1S/C18H18ClNO5/c19-14-5-6-15(13-4-2-1-3-12(13)14)25-11-16(21)20-9-7-18(24,8-10-20)17(22)23/h1-6,24H,7-11H2,(H,22,23). The Kier molecular flexibility index (Phi) is 4.83. The van der Waals surface area contributed by atoms with Crippen LogP contribution in [0.15, 0.2) is 36.4 Å². The zero-order valence-corrected chi connectivity index (χ0v) is 14.2. The molecule has 6 nitrogen and oxygen atoms in total. The lowest BCUT2D eigenvalue weighted by Gasteiger charge is -2.35. The first-order chi connectivity index (χ1) is 11.9. The van der Waals surface area contributed by atoms with Crippen molar-refractivity contribution in [3.8, 4) is 5.75 Å². The van der Waals surface area contributed by atoms with E-state index in [-0.39, 0.29) is 38.4 Å². The molecule has 0 aromatic heterocycles. The maximum absolute atomic E-state index is 12.3. The number of aliphatic hydroxyl groups is 1. The number of carboxylic acid groups (broad SMARTS) is 1. The molecule has 0 radical (unpaired) electrons. The van der Waals surface area contributed by atoms with Gasteiger partial charge in [-0.3, -0.25) is 4.79 Å². The van der Waals surface area contributed by atoms with Crippen molar-refractivity contribution in [1.82, 2.24) is 4.90 Å². The average molecular weight is 364 g/mol. The number of carboxylic acids is 1. The number of hydrogen-bond acceptors (Lipinski definition) is 4. The molecular formula is C18H18ClNO5. The van der Waals surface area contributed by atoms with Crippen LogP contribution in [-0.4, -0.2) is 52.3 Å². The van der Waals surface area contributed by atoms with Gasteiger partial charge in [-0.25, -0.2) is 4.79 Å². The molecule has 1 aliphatic rings. The molecule has 2 aromatic rings. The minimum atomic E-state index is -1.75. The highest BCUT2D eigenvalue weighted by molar-refractivity contribution is 6.35. The van der Waals surface area contributed by atoms with Crippen molar-refractivity contribution in [2.24, 2.45) is 0 Å². The highest BCUT2D eigenvalue weighted by Gasteiger charge is 2.40. The summed E-state index contributed by atoms with van der Waals surface area (Å²) in [4.78, 5) is 24.8. The molecule has 132 valence electrons. The van der Waals surface area contributed by atoms with E-state index >= 15 is 0 Å². The molecule has 7 heteroatoms. The molecule has 0 atom stereocenters. The molecular weight excluding hydrogens is 346 g/mol. The second-order valence-corrected chi connectivity index (χ2v) is 6.50. The van der Waals surface area contributed by atoms with E-state index in [1.165, 1.54) is 4.90 Å². The fraction of sp³-hybridized carbons (Fsp3) is 0.333. The number of hydrogen-bond donors (Lipinski definition) is 2. The average Bonchev–Trinajstić information content (AvgIpc) is 2.62. The van der Waals surface area contributed by atoms with E-state index in [2.05, 4.69) is 0 Å². The number of likely N-dealkylation sites (tertiary alicyclic amines) is 1. The third-order valence-electron chi connectivity index (χ3n) is 4.52. The quantitative estimate of drug-likeness (QED) is 0.870. The summed E-state index contributed by atoms with van der Waals surface area (Å²) in [5, 5.41) is 21.2. The number of piperidine rings is 1. The van der Waals surface area contributed by atoms with Crippen LogP contribution in [0.25, 0.3) is 10.8 Å². The SMILES string of the molecule is O=C(COc1ccc(Cl)c2ccccc12)N1CCC(O)(C(=O)O)CC1. The van der Waals surface area contributed by atoms with E-state index in [1.54, 1.807) is 12.1 Å². The van der Waals surface area contributed by atoms with Crippen LogP contribution in [0.1, 0.15) is 12.8 Å². The summed E-state index contributed by atoms with van der Waals surface area (Å²) >= 11 is 6.16. The van der Waals surface area contributed by atoms with Gasteiger partial charge >= 0.3 is 5.97 Å². The zero-order chi connectivity index (χ0) is 18.0. The number of nitrogens with zero attached hydrogens (tertiary/aromatic N) is 1. The van der Waals surface area contributed by atoms with Gasteiger partial charge in [0, 0.05) is 41.7 Å². The van der Waals surface area contributed by atoms with Crippen LogP contribution < -0.4 is 4.74 Å². The summed E-state index contributed by atoms with van der Waals surface area (Å²) in [7, 11) is 0. The Hall–Kier alpha value is -2.31. The van der Waals surface area contributed by atoms with Crippen molar-refractivity contribution in [2.75, 3.05) is 19.7 Å². The van der Waals surface area contributed by atoms with Crippen molar-refractivity contribution >= 4 is 34.2 Å². The Morgan fingerprint density at radius 2 is 1.76 bits per heavy atom. The largest absolute Gasteiger partial charge is 0.483 e. The number of amides is 1. The van der Waals surface area contributed by atoms with Crippen LogP contribution >= 0.6 is 11.6 Å². The minimum absolute atomic E-state index is 0.0119. The van der Waals surface area contributed by atoms with E-state index in [0.29, 0.717) is 10.8 Å². The number of rotatable bonds is 4. The molecule has 0 saturated carbocycles. The Balaban J connectivity index is 1.64. The van der Waals surface area contributed by atoms with Gasteiger partial charge in [0.25, 0.3) is 5.91 Å². The predicted molar refractivity (Wildman–Crippen MR) is 92.9 cm³/mol. The minimum Gasteiger partial charge on any atom is -0.483 e. The predicted octanol–water partition coefficient (Wildman–Crippen LogP) is 2.31. The maximum Gasteiger partial charge on any atom is 0.335 e. The monoisotopic (exact) mass is 363 g/mol. The summed E-state index contributed by atoms with van der Waals surface area (Å²) in [5.74, 6) is -0.928. The topological polar surface area (TPSA) is 87.1 Å². The van der Waals surface area contributed by atoms with Crippen LogP contribution in [-0.2, 0) is 9.59 Å². The molecule has 25 heavy (non-hydrogen) atoms. The number of carbonyl (C=O) groups excluding carboxylic acids is 1. The lowest BCUT2D eigenvalue weighted by Crippen LogP contribution is -2.51. The molecule has 0 spiro atoms. The first kappa shape index (κ1) is 17.5. The zero-order valence-electron chi connectivity index (χ0n) is 13.4. The smallest absolute Gasteiger partial charge is 0.335 e. The summed E-state index contributed by atoms with van der Waals surface area (Å²) in [5.41, 5.74) is -1.75. The molecule has 1 fully saturated rings. The van der Waals surface area contributed by atoms with Gasteiger partial charge in [0.1, 0.15) is 5.75 Å². The first-order valence-electron chi connectivity index (χ1n) is 7.94. The highest BCUT2D eigenvalue weighted by atomic mass is 35.5. The van der Waals surface area contributed by atoms with Gasteiger partial charge in [0.15, 0.2) is 12.2 Å². The molecule has 3 rings (SSSR count). The second kappa shape index (κ2) is 6.90. The Labute approximate surface area is 149 Å².